The number of carbonyl (C=O) groups excluding carboxylic acids is 2. The van der Waals surface area contributed by atoms with E-state index in [0.717, 1.165) is 5.56 Å². The maximum atomic E-state index is 11.7. The molecule has 1 atom stereocenters. The number of nitrogens with one attached hydrogen (secondary N) is 2. The van der Waals surface area contributed by atoms with Gasteiger partial charge >= 0.3 is 0 Å². The number of hydrogen-bond donors (Lipinski definition) is 2. The van der Waals surface area contributed by atoms with Crippen molar-refractivity contribution in [3.63, 3.8) is 0 Å². The van der Waals surface area contributed by atoms with Gasteiger partial charge in [0.2, 0.25) is 5.91 Å². The minimum atomic E-state index is -0.759. The topological polar surface area (TPSA) is 67.4 Å². The second-order valence-electron chi connectivity index (χ2n) is 3.97. The number of hydrogen-bond acceptors (Lipinski definition) is 3. The van der Waals surface area contributed by atoms with Gasteiger partial charge in [-0.2, -0.15) is 0 Å². The monoisotopic (exact) mass is 234 g/mol. The molecule has 0 saturated carbocycles. The van der Waals surface area contributed by atoms with Crippen LogP contribution >= 0.6 is 0 Å². The molecule has 0 aromatic heterocycles. The lowest BCUT2D eigenvalue weighted by Gasteiger charge is -2.25. The van der Waals surface area contributed by atoms with E-state index in [4.69, 9.17) is 4.74 Å². The van der Waals surface area contributed by atoms with Crippen molar-refractivity contribution in [2.45, 2.75) is 19.4 Å². The lowest BCUT2D eigenvalue weighted by Crippen LogP contribution is -2.40. The van der Waals surface area contributed by atoms with E-state index in [1.807, 2.05) is 19.1 Å². The minimum absolute atomic E-state index is 0.0235. The van der Waals surface area contributed by atoms with Gasteiger partial charge in [0, 0.05) is 7.05 Å². The number of rotatable bonds is 2. The molecule has 1 unspecified atom stereocenters. The van der Waals surface area contributed by atoms with Crippen LogP contribution in [-0.2, 0) is 9.59 Å². The van der Waals surface area contributed by atoms with E-state index in [9.17, 15) is 9.59 Å². The third-order valence-electron chi connectivity index (χ3n) is 2.60. The molecule has 2 rings (SSSR count). The van der Waals surface area contributed by atoms with Gasteiger partial charge in [0.1, 0.15) is 5.75 Å². The molecular formula is C12H14N2O3. The summed E-state index contributed by atoms with van der Waals surface area (Å²) in [7, 11) is 1.53. The van der Waals surface area contributed by atoms with E-state index in [0.29, 0.717) is 11.4 Å². The Labute approximate surface area is 99.2 Å². The Bertz CT molecular complexity index is 471. The van der Waals surface area contributed by atoms with Crippen molar-refractivity contribution in [1.82, 2.24) is 5.32 Å². The first-order valence-electron chi connectivity index (χ1n) is 5.39. The van der Waals surface area contributed by atoms with Crippen molar-refractivity contribution in [2.24, 2.45) is 0 Å². The van der Waals surface area contributed by atoms with Crippen molar-refractivity contribution >= 4 is 17.5 Å². The average molecular weight is 234 g/mol. The normalized spacial score (nSPS) is 17.8. The van der Waals surface area contributed by atoms with E-state index in [1.165, 1.54) is 7.05 Å². The number of ether oxygens (including phenoxy) is 1. The number of amides is 2. The van der Waals surface area contributed by atoms with Crippen LogP contribution in [0.1, 0.15) is 12.0 Å². The summed E-state index contributed by atoms with van der Waals surface area (Å²) in [6, 6.07) is 5.53. The standard InChI is InChI=1S/C12H14N2O3/c1-7-3-4-9-8(5-7)14-12(16)10(17-9)6-11(15)13-2/h3-5,10H,6H2,1-2H3,(H,13,15)(H,14,16). The Balaban J connectivity index is 2.18. The third kappa shape index (κ3) is 2.38. The van der Waals surface area contributed by atoms with Crippen molar-refractivity contribution in [3.05, 3.63) is 23.8 Å². The van der Waals surface area contributed by atoms with Crippen molar-refractivity contribution in [3.8, 4) is 5.75 Å². The largest absolute Gasteiger partial charge is 0.478 e. The lowest BCUT2D eigenvalue weighted by atomic mass is 10.1. The number of carbonyl (C=O) groups is 2. The fourth-order valence-corrected chi connectivity index (χ4v) is 1.67. The molecule has 1 heterocycles. The summed E-state index contributed by atoms with van der Waals surface area (Å²) in [5.41, 5.74) is 1.69. The van der Waals surface area contributed by atoms with E-state index in [1.54, 1.807) is 6.07 Å². The highest BCUT2D eigenvalue weighted by Crippen LogP contribution is 2.30. The van der Waals surface area contributed by atoms with Crippen LogP contribution in [0.5, 0.6) is 5.75 Å². The Kier molecular flexibility index (Phi) is 2.99. The van der Waals surface area contributed by atoms with Gasteiger partial charge < -0.3 is 15.4 Å². The van der Waals surface area contributed by atoms with Crippen LogP contribution in [0.3, 0.4) is 0 Å². The molecule has 0 saturated heterocycles. The van der Waals surface area contributed by atoms with Crippen LogP contribution < -0.4 is 15.4 Å². The van der Waals surface area contributed by atoms with Gasteiger partial charge in [0.05, 0.1) is 12.1 Å². The van der Waals surface area contributed by atoms with Gasteiger partial charge in [0.15, 0.2) is 6.10 Å². The Morgan fingerprint density at radius 3 is 3.00 bits per heavy atom. The van der Waals surface area contributed by atoms with Crippen LogP contribution in [0.4, 0.5) is 5.69 Å². The fraction of sp³-hybridized carbons (Fsp3) is 0.333. The molecule has 1 aromatic rings. The predicted octanol–water partition coefficient (Wildman–Crippen LogP) is 0.831. The SMILES string of the molecule is CNC(=O)CC1Oc2ccc(C)cc2NC1=O. The summed E-state index contributed by atoms with van der Waals surface area (Å²) < 4.78 is 5.50. The minimum Gasteiger partial charge on any atom is -0.478 e. The zero-order chi connectivity index (χ0) is 12.4. The molecule has 17 heavy (non-hydrogen) atoms. The quantitative estimate of drug-likeness (QED) is 0.796. The molecule has 2 amide bonds. The molecule has 1 aromatic carbocycles. The van der Waals surface area contributed by atoms with E-state index < -0.39 is 6.10 Å². The smallest absolute Gasteiger partial charge is 0.266 e. The Morgan fingerprint density at radius 1 is 1.53 bits per heavy atom. The molecule has 0 aliphatic carbocycles. The van der Waals surface area contributed by atoms with Crippen molar-refractivity contribution in [2.75, 3.05) is 12.4 Å². The highest BCUT2D eigenvalue weighted by atomic mass is 16.5. The molecule has 5 heteroatoms. The molecule has 0 radical (unpaired) electrons. The van der Waals surface area contributed by atoms with Crippen molar-refractivity contribution in [1.29, 1.82) is 0 Å². The summed E-state index contributed by atoms with van der Waals surface area (Å²) in [5, 5.41) is 5.20. The summed E-state index contributed by atoms with van der Waals surface area (Å²) in [6.07, 6.45) is -0.736. The van der Waals surface area contributed by atoms with Crippen molar-refractivity contribution < 1.29 is 14.3 Å². The number of anilines is 1. The number of aryl methyl sites for hydroxylation is 1. The lowest BCUT2D eigenvalue weighted by molar-refractivity contribution is -0.130. The molecule has 2 N–H and O–H groups in total. The maximum absolute atomic E-state index is 11.7. The second kappa shape index (κ2) is 4.45. The summed E-state index contributed by atoms with van der Waals surface area (Å²) in [5.74, 6) is 0.0940. The van der Waals surface area contributed by atoms with E-state index >= 15 is 0 Å². The number of fused-ring (bicyclic) bond motifs is 1. The Hall–Kier alpha value is -2.04. The molecule has 0 spiro atoms. The summed E-state index contributed by atoms with van der Waals surface area (Å²) in [6.45, 7) is 1.93. The molecular weight excluding hydrogens is 220 g/mol. The zero-order valence-electron chi connectivity index (χ0n) is 9.74. The highest BCUT2D eigenvalue weighted by molar-refractivity contribution is 6.00. The van der Waals surface area contributed by atoms with Gasteiger partial charge in [0.25, 0.3) is 5.91 Å². The molecule has 1 aliphatic heterocycles. The van der Waals surface area contributed by atoms with E-state index in [-0.39, 0.29) is 18.2 Å². The third-order valence-corrected chi connectivity index (χ3v) is 2.60. The van der Waals surface area contributed by atoms with Gasteiger partial charge in [-0.15, -0.1) is 0 Å². The first-order valence-corrected chi connectivity index (χ1v) is 5.39. The average Bonchev–Trinajstić information content (AvgIpc) is 2.30. The maximum Gasteiger partial charge on any atom is 0.266 e. The van der Waals surface area contributed by atoms with Crippen LogP contribution in [-0.4, -0.2) is 25.0 Å². The molecule has 90 valence electrons. The van der Waals surface area contributed by atoms with Crippen LogP contribution in [0.2, 0.25) is 0 Å². The van der Waals surface area contributed by atoms with Gasteiger partial charge in [-0.1, -0.05) is 6.07 Å². The predicted molar refractivity (Wildman–Crippen MR) is 62.9 cm³/mol. The molecule has 0 bridgehead atoms. The molecule has 0 fully saturated rings. The molecule has 1 aliphatic rings. The van der Waals surface area contributed by atoms with Gasteiger partial charge in [-0.3, -0.25) is 9.59 Å². The van der Waals surface area contributed by atoms with Crippen LogP contribution in [0, 0.1) is 6.92 Å². The van der Waals surface area contributed by atoms with E-state index in [2.05, 4.69) is 10.6 Å². The number of benzene rings is 1. The fourth-order valence-electron chi connectivity index (χ4n) is 1.67. The Morgan fingerprint density at radius 2 is 2.29 bits per heavy atom. The van der Waals surface area contributed by atoms with Crippen LogP contribution in [0.25, 0.3) is 0 Å². The highest BCUT2D eigenvalue weighted by Gasteiger charge is 2.29. The summed E-state index contributed by atoms with van der Waals surface area (Å²) in [4.78, 5) is 22.9. The second-order valence-corrected chi connectivity index (χ2v) is 3.97. The molecule has 5 nitrogen and oxygen atoms in total. The van der Waals surface area contributed by atoms with Gasteiger partial charge in [-0.25, -0.2) is 0 Å². The summed E-state index contributed by atoms with van der Waals surface area (Å²) >= 11 is 0. The zero-order valence-corrected chi connectivity index (χ0v) is 9.74. The van der Waals surface area contributed by atoms with Gasteiger partial charge in [-0.05, 0) is 24.6 Å². The van der Waals surface area contributed by atoms with Crippen LogP contribution in [0.15, 0.2) is 18.2 Å². The first kappa shape index (κ1) is 11.4. The first-order chi connectivity index (χ1) is 8.10.